The molecule has 1 saturated heterocycles. The van der Waals surface area contributed by atoms with Crippen LogP contribution in [-0.4, -0.2) is 78.5 Å². The molecule has 0 saturated carbocycles. The van der Waals surface area contributed by atoms with Crippen LogP contribution in [0.5, 0.6) is 5.75 Å². The van der Waals surface area contributed by atoms with Crippen LogP contribution in [-0.2, 0) is 24.5 Å². The number of anilines is 1. The van der Waals surface area contributed by atoms with Gasteiger partial charge in [-0.2, -0.15) is 8.42 Å². The topological polar surface area (TPSA) is 165 Å². The van der Waals surface area contributed by atoms with Crippen LogP contribution in [0.2, 0.25) is 0 Å². The molecule has 4 amide bonds. The molecule has 246 valence electrons. The Bertz CT molecular complexity index is 1520. The van der Waals surface area contributed by atoms with Crippen molar-refractivity contribution in [2.45, 2.75) is 66.7 Å². The Morgan fingerprint density at radius 2 is 1.59 bits per heavy atom. The first kappa shape index (κ1) is 39.2. The number of nitrogens with zero attached hydrogens (tertiary/aromatic N) is 3. The van der Waals surface area contributed by atoms with Crippen molar-refractivity contribution in [1.82, 2.24) is 9.80 Å². The smallest absolute Gasteiger partial charge is 0.550 e. The summed E-state index contributed by atoms with van der Waals surface area (Å²) in [5.41, 5.74) is 2.30. The number of hydrogen-bond donors (Lipinski definition) is 1. The molecule has 0 spiro atoms. The van der Waals surface area contributed by atoms with Crippen LogP contribution in [0.15, 0.2) is 47.8 Å². The molecule has 1 aromatic rings. The van der Waals surface area contributed by atoms with Crippen LogP contribution in [0.3, 0.4) is 0 Å². The van der Waals surface area contributed by atoms with E-state index in [2.05, 4.69) is 39.5 Å². The molecule has 1 N–H and O–H groups in total. The zero-order valence-corrected chi connectivity index (χ0v) is 30.3. The predicted molar refractivity (Wildman–Crippen MR) is 168 cm³/mol. The Labute approximate surface area is 293 Å². The molecule has 2 aliphatic rings. The summed E-state index contributed by atoms with van der Waals surface area (Å²) in [5, 5.41) is 10.7. The summed E-state index contributed by atoms with van der Waals surface area (Å²) in [6.45, 7) is 11.5. The standard InChI is InChI=1S/C32H43N3O9S.Na/c1-6-33(7-2)22-13-15-24-26(32(3,4)5)21-23(44-27(24)20-22)14-16-25-29(38)34(17-10-8-9-12-28(36)37)31(40)35(30(25)39)18-11-19-45(41,42)43;/h13-16,20-21H,6-12,17-19H2,1-5H3,(H,36,37)(H,41,42,43);/q;+1/p-1/b23-14-,25-16-;. The summed E-state index contributed by atoms with van der Waals surface area (Å²) in [4.78, 5) is 54.6. The maximum atomic E-state index is 13.4. The number of carboxylic acids is 1. The summed E-state index contributed by atoms with van der Waals surface area (Å²) >= 11 is 0. The van der Waals surface area contributed by atoms with Gasteiger partial charge in [-0.25, -0.2) is 4.79 Å². The van der Waals surface area contributed by atoms with Gasteiger partial charge in [0.1, 0.15) is 17.1 Å². The number of carboxylic acid groups (broad SMARTS) is 1. The zero-order valence-electron chi connectivity index (χ0n) is 27.5. The molecule has 0 unspecified atom stereocenters. The average molecular weight is 668 g/mol. The third-order valence-electron chi connectivity index (χ3n) is 7.58. The summed E-state index contributed by atoms with van der Waals surface area (Å²) in [5.74, 6) is -2.60. The Kier molecular flexibility index (Phi) is 14.3. The Morgan fingerprint density at radius 3 is 2.13 bits per heavy atom. The van der Waals surface area contributed by atoms with E-state index in [1.54, 1.807) is 0 Å². The molecule has 3 rings (SSSR count). The molecule has 2 aliphatic heterocycles. The van der Waals surface area contributed by atoms with Gasteiger partial charge >= 0.3 is 35.6 Å². The second kappa shape index (κ2) is 16.7. The van der Waals surface area contributed by atoms with Crippen LogP contribution < -0.4 is 44.3 Å². The van der Waals surface area contributed by atoms with Crippen LogP contribution in [0.25, 0.3) is 5.57 Å². The fourth-order valence-corrected chi connectivity index (χ4v) is 5.70. The minimum atomic E-state index is -4.34. The van der Waals surface area contributed by atoms with Gasteiger partial charge in [0, 0.05) is 49.5 Å². The number of amides is 4. The number of ether oxygens (including phenoxy) is 1. The predicted octanol–water partition coefficient (Wildman–Crippen LogP) is 0.548. The van der Waals surface area contributed by atoms with Gasteiger partial charge in [-0.15, -0.1) is 0 Å². The van der Waals surface area contributed by atoms with Gasteiger partial charge in [0.05, 0.1) is 5.75 Å². The molecule has 1 aromatic carbocycles. The number of unbranched alkanes of at least 4 members (excludes halogenated alkanes) is 2. The van der Waals surface area contributed by atoms with Crippen molar-refractivity contribution in [3.05, 3.63) is 53.3 Å². The minimum Gasteiger partial charge on any atom is -0.550 e. The number of imide groups is 2. The molecular weight excluding hydrogens is 625 g/mol. The van der Waals surface area contributed by atoms with Crippen molar-refractivity contribution in [2.24, 2.45) is 5.41 Å². The number of urea groups is 1. The van der Waals surface area contributed by atoms with Crippen LogP contribution >= 0.6 is 0 Å². The van der Waals surface area contributed by atoms with E-state index < -0.39 is 39.7 Å². The SMILES string of the molecule is CCN(CC)c1ccc2c(c1)O/C(=C\C=C1\C(=O)N(CCCCCC(=O)[O-])C(=O)N(CCCS(=O)(=O)O)C1=O)C=C2C(C)(C)C.[Na+]. The first-order valence-corrected chi connectivity index (χ1v) is 16.7. The molecule has 12 nitrogen and oxygen atoms in total. The van der Waals surface area contributed by atoms with E-state index in [-0.39, 0.29) is 66.5 Å². The summed E-state index contributed by atoms with van der Waals surface area (Å²) in [6, 6.07) is 5.11. The van der Waals surface area contributed by atoms with Gasteiger partial charge in [0.2, 0.25) is 0 Å². The van der Waals surface area contributed by atoms with Crippen molar-refractivity contribution in [3.63, 3.8) is 0 Å². The Balaban J connectivity index is 0.00000736. The fourth-order valence-electron chi connectivity index (χ4n) is 5.21. The van der Waals surface area contributed by atoms with Gasteiger partial charge in [-0.3, -0.25) is 23.9 Å². The van der Waals surface area contributed by atoms with Crippen molar-refractivity contribution >= 4 is 45.2 Å². The van der Waals surface area contributed by atoms with E-state index >= 15 is 0 Å². The van der Waals surface area contributed by atoms with Crippen LogP contribution in [0.1, 0.15) is 72.3 Å². The van der Waals surface area contributed by atoms with Gasteiger partial charge in [-0.1, -0.05) is 27.2 Å². The second-order valence-corrected chi connectivity index (χ2v) is 13.5. The number of barbiturate groups is 1. The summed E-state index contributed by atoms with van der Waals surface area (Å²) in [6.07, 6.45) is 5.22. The fraction of sp³-hybridized carbons (Fsp3) is 0.500. The summed E-state index contributed by atoms with van der Waals surface area (Å²) < 4.78 is 37.8. The number of benzene rings is 1. The van der Waals surface area contributed by atoms with Crippen molar-refractivity contribution < 1.29 is 71.5 Å². The number of rotatable bonds is 14. The first-order chi connectivity index (χ1) is 21.1. The average Bonchev–Trinajstić information content (AvgIpc) is 2.95. The molecule has 0 aliphatic carbocycles. The molecule has 0 aromatic heterocycles. The van der Waals surface area contributed by atoms with Crippen LogP contribution in [0, 0.1) is 5.41 Å². The van der Waals surface area contributed by atoms with E-state index in [9.17, 15) is 32.7 Å². The van der Waals surface area contributed by atoms with E-state index in [0.717, 1.165) is 39.7 Å². The third-order valence-corrected chi connectivity index (χ3v) is 8.38. The van der Waals surface area contributed by atoms with Gasteiger partial charge in [0.25, 0.3) is 21.9 Å². The normalized spacial score (nSPS) is 17.1. The molecule has 0 bridgehead atoms. The maximum absolute atomic E-state index is 13.4. The number of allylic oxidation sites excluding steroid dienone is 4. The molecule has 0 radical (unpaired) electrons. The molecule has 14 heteroatoms. The zero-order chi connectivity index (χ0) is 33.5. The van der Waals surface area contributed by atoms with Crippen molar-refractivity contribution in [3.8, 4) is 5.75 Å². The minimum absolute atomic E-state index is 0. The van der Waals surface area contributed by atoms with E-state index in [0.29, 0.717) is 30.8 Å². The van der Waals surface area contributed by atoms with Gasteiger partial charge in [-0.05, 0) is 80.9 Å². The quantitative estimate of drug-likeness (QED) is 0.0974. The van der Waals surface area contributed by atoms with E-state index in [4.69, 9.17) is 9.29 Å². The number of carbonyl (C=O) groups is 4. The van der Waals surface area contributed by atoms with Crippen molar-refractivity contribution in [2.75, 3.05) is 36.8 Å². The third kappa shape index (κ3) is 10.3. The number of aliphatic carboxylic acids is 1. The largest absolute Gasteiger partial charge is 1.00 e. The monoisotopic (exact) mass is 667 g/mol. The van der Waals surface area contributed by atoms with Crippen molar-refractivity contribution in [1.29, 1.82) is 0 Å². The Hall–Kier alpha value is -2.97. The van der Waals surface area contributed by atoms with E-state index in [1.807, 2.05) is 24.3 Å². The maximum Gasteiger partial charge on any atom is 1.00 e. The molecule has 46 heavy (non-hydrogen) atoms. The van der Waals surface area contributed by atoms with Crippen LogP contribution in [0.4, 0.5) is 10.5 Å². The number of carbonyl (C=O) groups excluding carboxylic acids is 4. The number of hydrogen-bond acceptors (Lipinski definition) is 9. The molecule has 2 heterocycles. The molecule has 1 fully saturated rings. The second-order valence-electron chi connectivity index (χ2n) is 11.9. The first-order valence-electron chi connectivity index (χ1n) is 15.1. The van der Waals surface area contributed by atoms with E-state index in [1.165, 1.54) is 12.2 Å². The molecule has 0 atom stereocenters. The molecular formula is C32H42N3NaO9S. The van der Waals surface area contributed by atoms with Gasteiger partial charge < -0.3 is 19.5 Å². The number of fused-ring (bicyclic) bond motifs is 1. The Morgan fingerprint density at radius 1 is 0.978 bits per heavy atom. The summed E-state index contributed by atoms with van der Waals surface area (Å²) in [7, 11) is -4.34. The van der Waals surface area contributed by atoms with Gasteiger partial charge in [0.15, 0.2) is 0 Å².